The van der Waals surface area contributed by atoms with Crippen molar-refractivity contribution in [2.45, 2.75) is 39.2 Å². The predicted octanol–water partition coefficient (Wildman–Crippen LogP) is 5.62. The van der Waals surface area contributed by atoms with E-state index < -0.39 is 0 Å². The van der Waals surface area contributed by atoms with Gasteiger partial charge in [0.05, 0.1) is 13.2 Å². The van der Waals surface area contributed by atoms with Crippen LogP contribution in [-0.4, -0.2) is 37.0 Å². The minimum absolute atomic E-state index is 0.225. The maximum Gasteiger partial charge on any atom is 0.282 e. The molecular formula is C24H24Br2N6O2. The number of hydrogen-bond donors (Lipinski definition) is 1. The summed E-state index contributed by atoms with van der Waals surface area (Å²) in [6.45, 7) is 3.06. The first-order valence-electron chi connectivity index (χ1n) is 11.1. The van der Waals surface area contributed by atoms with Gasteiger partial charge in [-0.2, -0.15) is 5.21 Å². The zero-order chi connectivity index (χ0) is 23.9. The molecule has 2 heterocycles. The van der Waals surface area contributed by atoms with E-state index in [1.54, 1.807) is 0 Å². The Hall–Kier alpha value is -2.85. The van der Waals surface area contributed by atoms with Crippen molar-refractivity contribution in [3.63, 3.8) is 0 Å². The number of nitrogens with one attached hydrogen (secondary N) is 1. The molecule has 0 amide bonds. The number of tetrazole rings is 1. The summed E-state index contributed by atoms with van der Waals surface area (Å²) in [7, 11) is 0. The molecule has 0 spiro atoms. The number of ether oxygens (including phenoxy) is 1. The zero-order valence-electron chi connectivity index (χ0n) is 18.7. The molecule has 0 aliphatic rings. The van der Waals surface area contributed by atoms with Gasteiger partial charge in [-0.15, -0.1) is 15.3 Å². The van der Waals surface area contributed by atoms with Gasteiger partial charge < -0.3 is 4.74 Å². The second kappa shape index (κ2) is 11.5. The highest BCUT2D eigenvalue weighted by Crippen LogP contribution is 2.30. The number of benzene rings is 2. The quantitative estimate of drug-likeness (QED) is 0.242. The normalized spacial score (nSPS) is 11.0. The molecule has 0 bridgehead atoms. The number of H-pyrrole nitrogens is 1. The van der Waals surface area contributed by atoms with Crippen LogP contribution in [0.1, 0.15) is 38.2 Å². The average Bonchev–Trinajstić information content (AvgIpc) is 3.40. The zero-order valence-corrected chi connectivity index (χ0v) is 21.8. The van der Waals surface area contributed by atoms with E-state index in [-0.39, 0.29) is 5.56 Å². The van der Waals surface area contributed by atoms with Gasteiger partial charge in [0, 0.05) is 5.56 Å². The molecular weight excluding hydrogens is 564 g/mol. The second-order valence-corrected chi connectivity index (χ2v) is 9.37. The molecule has 0 unspecified atom stereocenters. The Morgan fingerprint density at radius 1 is 0.971 bits per heavy atom. The van der Waals surface area contributed by atoms with E-state index in [9.17, 15) is 4.79 Å². The third-order valence-corrected chi connectivity index (χ3v) is 7.36. The number of nitrogens with zero attached hydrogens (tertiary/aromatic N) is 5. The maximum absolute atomic E-state index is 12.8. The van der Waals surface area contributed by atoms with Crippen molar-refractivity contribution < 1.29 is 4.74 Å². The average molecular weight is 588 g/mol. The van der Waals surface area contributed by atoms with Crippen LogP contribution in [0.2, 0.25) is 0 Å². The number of unbranched alkanes of at least 4 members (excludes halogenated alkanes) is 3. The first kappa shape index (κ1) is 24.3. The highest BCUT2D eigenvalue weighted by Gasteiger charge is 2.16. The van der Waals surface area contributed by atoms with Gasteiger partial charge in [-0.25, -0.2) is 4.68 Å². The minimum Gasteiger partial charge on any atom is -0.476 e. The molecule has 0 aliphatic heterocycles. The van der Waals surface area contributed by atoms with Crippen molar-refractivity contribution in [1.29, 1.82) is 0 Å². The van der Waals surface area contributed by atoms with E-state index >= 15 is 0 Å². The van der Waals surface area contributed by atoms with Crippen molar-refractivity contribution in [2.75, 3.05) is 6.61 Å². The highest BCUT2D eigenvalue weighted by atomic mass is 79.9. The van der Waals surface area contributed by atoms with Gasteiger partial charge in [-0.3, -0.25) is 4.79 Å². The first-order chi connectivity index (χ1) is 16.6. The van der Waals surface area contributed by atoms with Crippen LogP contribution in [0.3, 0.4) is 0 Å². The summed E-state index contributed by atoms with van der Waals surface area (Å²) >= 11 is 6.80. The number of hydrogen-bond acceptors (Lipinski definition) is 6. The van der Waals surface area contributed by atoms with Gasteiger partial charge in [-0.1, -0.05) is 74.7 Å². The monoisotopic (exact) mass is 586 g/mol. The van der Waals surface area contributed by atoms with Gasteiger partial charge in [-0.05, 0) is 60.2 Å². The van der Waals surface area contributed by atoms with Crippen LogP contribution in [0.4, 0.5) is 0 Å². The lowest BCUT2D eigenvalue weighted by Crippen LogP contribution is -2.25. The number of aromatic nitrogens is 6. The fourth-order valence-electron chi connectivity index (χ4n) is 3.57. The molecule has 0 saturated carbocycles. The Bertz CT molecular complexity index is 1290. The first-order valence-corrected chi connectivity index (χ1v) is 12.7. The van der Waals surface area contributed by atoms with Crippen molar-refractivity contribution >= 4 is 31.9 Å². The van der Waals surface area contributed by atoms with Crippen molar-refractivity contribution in [3.8, 4) is 28.4 Å². The summed E-state index contributed by atoms with van der Waals surface area (Å²) in [5.41, 5.74) is 3.61. The molecule has 0 fully saturated rings. The molecule has 0 saturated heterocycles. The van der Waals surface area contributed by atoms with E-state index in [2.05, 4.69) is 64.5 Å². The fourth-order valence-corrected chi connectivity index (χ4v) is 4.30. The van der Waals surface area contributed by atoms with E-state index in [0.29, 0.717) is 33.8 Å². The largest absolute Gasteiger partial charge is 0.476 e. The van der Waals surface area contributed by atoms with Crippen molar-refractivity contribution in [1.82, 2.24) is 30.4 Å². The summed E-state index contributed by atoms with van der Waals surface area (Å²) in [5.74, 6) is 0.950. The minimum atomic E-state index is -0.225. The Morgan fingerprint density at radius 3 is 2.44 bits per heavy atom. The van der Waals surface area contributed by atoms with Gasteiger partial charge in [0.2, 0.25) is 11.7 Å². The van der Waals surface area contributed by atoms with Gasteiger partial charge in [0.25, 0.3) is 5.56 Å². The second-order valence-electron chi connectivity index (χ2n) is 7.78. The molecule has 4 rings (SSSR count). The summed E-state index contributed by atoms with van der Waals surface area (Å²) in [4.78, 5) is 12.8. The summed E-state index contributed by atoms with van der Waals surface area (Å²) in [6.07, 6.45) is 4.40. The Balaban J connectivity index is 1.54. The van der Waals surface area contributed by atoms with Crippen LogP contribution in [0, 0.1) is 0 Å². The molecule has 2 aromatic carbocycles. The van der Waals surface area contributed by atoms with Crippen LogP contribution in [0.25, 0.3) is 22.5 Å². The van der Waals surface area contributed by atoms with Crippen LogP contribution in [0.15, 0.2) is 62.3 Å². The number of halogens is 2. The fraction of sp³-hybridized carbons (Fsp3) is 0.292. The van der Waals surface area contributed by atoms with Gasteiger partial charge in [0.1, 0.15) is 8.95 Å². The van der Waals surface area contributed by atoms with Crippen molar-refractivity contribution in [2.24, 2.45) is 0 Å². The van der Waals surface area contributed by atoms with Gasteiger partial charge in [0.15, 0.2) is 0 Å². The SMILES string of the molecule is CCCCCCOc1nn(Cc2ccc(-c3ccccc3-c3nn[nH]n3)cc2)c(=O)c(Br)c1Br. The smallest absolute Gasteiger partial charge is 0.282 e. The lowest BCUT2D eigenvalue weighted by molar-refractivity contribution is 0.282. The highest BCUT2D eigenvalue weighted by molar-refractivity contribution is 9.13. The molecule has 0 aliphatic carbocycles. The van der Waals surface area contributed by atoms with Crippen LogP contribution in [0.5, 0.6) is 5.88 Å². The lowest BCUT2D eigenvalue weighted by Gasteiger charge is -2.12. The Kier molecular flexibility index (Phi) is 8.23. The van der Waals surface area contributed by atoms with E-state index in [4.69, 9.17) is 4.74 Å². The molecule has 1 N–H and O–H groups in total. The van der Waals surface area contributed by atoms with Gasteiger partial charge >= 0.3 is 0 Å². The standard InChI is InChI=1S/C24H24Br2N6O2/c1-2-3-4-7-14-34-23-20(25)21(26)24(33)32(29-23)15-16-10-12-17(13-11-16)18-8-5-6-9-19(18)22-27-30-31-28-22/h5-6,8-13H,2-4,7,14-15H2,1H3,(H,27,28,30,31). The molecule has 8 nitrogen and oxygen atoms in total. The van der Waals surface area contributed by atoms with E-state index in [1.807, 2.05) is 48.5 Å². The summed E-state index contributed by atoms with van der Waals surface area (Å²) in [6, 6.07) is 15.9. The molecule has 176 valence electrons. The molecule has 4 aromatic rings. The summed E-state index contributed by atoms with van der Waals surface area (Å²) in [5, 5.41) is 18.8. The predicted molar refractivity (Wildman–Crippen MR) is 138 cm³/mol. The maximum atomic E-state index is 12.8. The third-order valence-electron chi connectivity index (χ3n) is 5.36. The van der Waals surface area contributed by atoms with E-state index in [1.165, 1.54) is 17.5 Å². The topological polar surface area (TPSA) is 98.6 Å². The molecule has 34 heavy (non-hydrogen) atoms. The molecule has 0 atom stereocenters. The number of aromatic amines is 1. The van der Waals surface area contributed by atoms with Crippen molar-refractivity contribution in [3.05, 3.63) is 73.4 Å². The van der Waals surface area contributed by atoms with Crippen LogP contribution >= 0.6 is 31.9 Å². The molecule has 2 aromatic heterocycles. The lowest BCUT2D eigenvalue weighted by atomic mass is 9.98. The summed E-state index contributed by atoms with van der Waals surface area (Å²) < 4.78 is 8.21. The third kappa shape index (κ3) is 5.61. The Morgan fingerprint density at radius 2 is 1.74 bits per heavy atom. The van der Waals surface area contributed by atoms with E-state index in [0.717, 1.165) is 35.1 Å². The molecule has 10 heteroatoms. The number of rotatable bonds is 10. The Labute approximate surface area is 214 Å². The van der Waals surface area contributed by atoms with Crippen LogP contribution < -0.4 is 10.3 Å². The van der Waals surface area contributed by atoms with Crippen LogP contribution in [-0.2, 0) is 6.54 Å². The molecule has 0 radical (unpaired) electrons.